The standard InChI is InChI=1S/C13H18N4O3S/c1-10-16-13(17-20-10)8-15-21(18,19)9-12-5-3-11(4-6-12)7-14-2/h3-6,14-15H,7-9H2,1-2H3. The van der Waals surface area contributed by atoms with Gasteiger partial charge >= 0.3 is 0 Å². The molecule has 0 aliphatic rings. The van der Waals surface area contributed by atoms with Crippen LogP contribution >= 0.6 is 0 Å². The lowest BCUT2D eigenvalue weighted by Crippen LogP contribution is -2.25. The van der Waals surface area contributed by atoms with Crippen molar-refractivity contribution in [3.05, 3.63) is 47.1 Å². The van der Waals surface area contributed by atoms with E-state index in [-0.39, 0.29) is 12.3 Å². The van der Waals surface area contributed by atoms with Crippen molar-refractivity contribution in [2.45, 2.75) is 25.8 Å². The molecule has 114 valence electrons. The highest BCUT2D eigenvalue weighted by Gasteiger charge is 2.13. The summed E-state index contributed by atoms with van der Waals surface area (Å²) in [5.74, 6) is 0.647. The Morgan fingerprint density at radius 3 is 2.38 bits per heavy atom. The molecule has 0 bridgehead atoms. The number of nitrogens with one attached hydrogen (secondary N) is 2. The van der Waals surface area contributed by atoms with Gasteiger partial charge in [0.25, 0.3) is 0 Å². The third-order valence-corrected chi connectivity index (χ3v) is 4.08. The van der Waals surface area contributed by atoms with E-state index in [1.807, 2.05) is 31.3 Å². The summed E-state index contributed by atoms with van der Waals surface area (Å²) in [6.07, 6.45) is 0. The zero-order valence-electron chi connectivity index (χ0n) is 12.0. The summed E-state index contributed by atoms with van der Waals surface area (Å²) in [5, 5.41) is 6.68. The molecule has 8 heteroatoms. The molecular formula is C13H18N4O3S. The minimum absolute atomic E-state index is 0.0253. The number of hydrogen-bond donors (Lipinski definition) is 2. The molecule has 7 nitrogen and oxygen atoms in total. The molecule has 0 saturated carbocycles. The Hall–Kier alpha value is -1.77. The number of hydrogen-bond acceptors (Lipinski definition) is 6. The van der Waals surface area contributed by atoms with Crippen LogP contribution < -0.4 is 10.0 Å². The summed E-state index contributed by atoms with van der Waals surface area (Å²) in [7, 11) is -1.57. The molecule has 1 aromatic heterocycles. The molecule has 2 rings (SSSR count). The molecular weight excluding hydrogens is 292 g/mol. The Morgan fingerprint density at radius 1 is 1.14 bits per heavy atom. The lowest BCUT2D eigenvalue weighted by atomic mass is 10.1. The van der Waals surface area contributed by atoms with Gasteiger partial charge < -0.3 is 9.84 Å². The molecule has 0 amide bonds. The minimum atomic E-state index is -3.44. The first-order chi connectivity index (χ1) is 9.98. The lowest BCUT2D eigenvalue weighted by molar-refractivity contribution is 0.387. The zero-order valence-corrected chi connectivity index (χ0v) is 12.8. The second kappa shape index (κ2) is 6.79. The van der Waals surface area contributed by atoms with Gasteiger partial charge in [-0.2, -0.15) is 4.98 Å². The molecule has 2 N–H and O–H groups in total. The monoisotopic (exact) mass is 310 g/mol. The quantitative estimate of drug-likeness (QED) is 0.782. The average Bonchev–Trinajstić information content (AvgIpc) is 2.85. The molecule has 0 aliphatic heterocycles. The van der Waals surface area contributed by atoms with Crippen molar-refractivity contribution in [1.82, 2.24) is 20.2 Å². The van der Waals surface area contributed by atoms with E-state index in [1.54, 1.807) is 6.92 Å². The van der Waals surface area contributed by atoms with Gasteiger partial charge in [-0.05, 0) is 18.2 Å². The van der Waals surface area contributed by atoms with Crippen LogP contribution in [0.4, 0.5) is 0 Å². The molecule has 0 aliphatic carbocycles. The van der Waals surface area contributed by atoms with Crippen LogP contribution in [0.15, 0.2) is 28.8 Å². The maximum absolute atomic E-state index is 12.0. The summed E-state index contributed by atoms with van der Waals surface area (Å²) in [6, 6.07) is 7.43. The van der Waals surface area contributed by atoms with Gasteiger partial charge in [-0.15, -0.1) is 0 Å². The first-order valence-electron chi connectivity index (χ1n) is 6.47. The zero-order chi connectivity index (χ0) is 15.3. The Bertz CT molecular complexity index is 680. The highest BCUT2D eigenvalue weighted by Crippen LogP contribution is 2.08. The van der Waals surface area contributed by atoms with Crippen molar-refractivity contribution in [3.63, 3.8) is 0 Å². The lowest BCUT2D eigenvalue weighted by Gasteiger charge is -2.06. The van der Waals surface area contributed by atoms with Crippen molar-refractivity contribution < 1.29 is 12.9 Å². The fourth-order valence-electron chi connectivity index (χ4n) is 1.82. The largest absolute Gasteiger partial charge is 0.340 e. The van der Waals surface area contributed by atoms with E-state index in [9.17, 15) is 8.42 Å². The topological polar surface area (TPSA) is 97.1 Å². The van der Waals surface area contributed by atoms with Gasteiger partial charge in [-0.3, -0.25) is 0 Å². The van der Waals surface area contributed by atoms with Gasteiger partial charge in [0.15, 0.2) is 5.82 Å². The number of aryl methyl sites for hydroxylation is 1. The average molecular weight is 310 g/mol. The van der Waals surface area contributed by atoms with Crippen molar-refractivity contribution in [1.29, 1.82) is 0 Å². The summed E-state index contributed by atoms with van der Waals surface area (Å²) in [5.41, 5.74) is 1.83. The SMILES string of the molecule is CNCc1ccc(CS(=O)(=O)NCc2noc(C)n2)cc1. The predicted octanol–water partition coefficient (Wildman–Crippen LogP) is 0.717. The van der Waals surface area contributed by atoms with Crippen molar-refractivity contribution in [2.24, 2.45) is 0 Å². The number of aromatic nitrogens is 2. The fourth-order valence-corrected chi connectivity index (χ4v) is 2.90. The molecule has 21 heavy (non-hydrogen) atoms. The second-order valence-corrected chi connectivity index (χ2v) is 6.46. The summed E-state index contributed by atoms with van der Waals surface area (Å²) < 4.78 is 31.2. The number of benzene rings is 1. The Balaban J connectivity index is 1.93. The van der Waals surface area contributed by atoms with E-state index < -0.39 is 10.0 Å². The molecule has 1 aromatic carbocycles. The number of nitrogens with zero attached hydrogens (tertiary/aromatic N) is 2. The summed E-state index contributed by atoms with van der Waals surface area (Å²) in [6.45, 7) is 2.43. The van der Waals surface area contributed by atoms with Crippen LogP contribution in [0.2, 0.25) is 0 Å². The van der Waals surface area contributed by atoms with Crippen LogP contribution in [0.5, 0.6) is 0 Å². The third-order valence-electron chi connectivity index (χ3n) is 2.78. The highest BCUT2D eigenvalue weighted by molar-refractivity contribution is 7.88. The molecule has 0 radical (unpaired) electrons. The van der Waals surface area contributed by atoms with E-state index in [4.69, 9.17) is 4.52 Å². The molecule has 0 unspecified atom stereocenters. The van der Waals surface area contributed by atoms with Crippen LogP contribution in [0.25, 0.3) is 0 Å². The van der Waals surface area contributed by atoms with Crippen molar-refractivity contribution in [3.8, 4) is 0 Å². The Labute approximate surface area is 123 Å². The summed E-state index contributed by atoms with van der Waals surface area (Å²) >= 11 is 0. The molecule has 1 heterocycles. The molecule has 0 atom stereocenters. The number of rotatable bonds is 7. The van der Waals surface area contributed by atoms with E-state index in [0.717, 1.165) is 17.7 Å². The van der Waals surface area contributed by atoms with Gasteiger partial charge in [0.2, 0.25) is 15.9 Å². The smallest absolute Gasteiger partial charge is 0.223 e. The Morgan fingerprint density at radius 2 is 1.81 bits per heavy atom. The normalized spacial score (nSPS) is 11.7. The predicted molar refractivity (Wildman–Crippen MR) is 77.7 cm³/mol. The minimum Gasteiger partial charge on any atom is -0.340 e. The fraction of sp³-hybridized carbons (Fsp3) is 0.385. The van der Waals surface area contributed by atoms with Crippen LogP contribution in [-0.2, 0) is 28.9 Å². The maximum Gasteiger partial charge on any atom is 0.223 e. The Kier molecular flexibility index (Phi) is 5.05. The molecule has 0 saturated heterocycles. The highest BCUT2D eigenvalue weighted by atomic mass is 32.2. The van der Waals surface area contributed by atoms with E-state index in [1.165, 1.54) is 0 Å². The van der Waals surface area contributed by atoms with Gasteiger partial charge in [0, 0.05) is 13.5 Å². The van der Waals surface area contributed by atoms with Gasteiger partial charge in [-0.25, -0.2) is 13.1 Å². The molecule has 0 fully saturated rings. The van der Waals surface area contributed by atoms with Crippen LogP contribution in [0.1, 0.15) is 22.8 Å². The van der Waals surface area contributed by atoms with E-state index >= 15 is 0 Å². The van der Waals surface area contributed by atoms with Gasteiger partial charge in [0.1, 0.15) is 0 Å². The van der Waals surface area contributed by atoms with Crippen LogP contribution in [-0.4, -0.2) is 25.6 Å². The summed E-state index contributed by atoms with van der Waals surface area (Å²) in [4.78, 5) is 3.94. The van der Waals surface area contributed by atoms with Gasteiger partial charge in [-0.1, -0.05) is 29.4 Å². The number of sulfonamides is 1. The maximum atomic E-state index is 12.0. The second-order valence-electron chi connectivity index (χ2n) is 4.66. The van der Waals surface area contributed by atoms with E-state index in [2.05, 4.69) is 20.2 Å². The van der Waals surface area contributed by atoms with Crippen molar-refractivity contribution in [2.75, 3.05) is 7.05 Å². The molecule has 0 spiro atoms. The first kappa shape index (κ1) is 15.6. The van der Waals surface area contributed by atoms with Crippen LogP contribution in [0.3, 0.4) is 0 Å². The van der Waals surface area contributed by atoms with E-state index in [0.29, 0.717) is 11.7 Å². The molecule has 2 aromatic rings. The van der Waals surface area contributed by atoms with Crippen LogP contribution in [0, 0.1) is 6.92 Å². The van der Waals surface area contributed by atoms with Crippen molar-refractivity contribution >= 4 is 10.0 Å². The van der Waals surface area contributed by atoms with Gasteiger partial charge in [0.05, 0.1) is 12.3 Å². The first-order valence-corrected chi connectivity index (χ1v) is 8.13. The third kappa shape index (κ3) is 4.92.